The Morgan fingerprint density at radius 2 is 1.83 bits per heavy atom. The molecule has 2 saturated heterocycles. The maximum atomic E-state index is 12.3. The number of fused-ring (bicyclic) bond motifs is 1. The van der Waals surface area contributed by atoms with Crippen LogP contribution in [0.1, 0.15) is 6.92 Å². The van der Waals surface area contributed by atoms with Crippen LogP contribution in [0.15, 0.2) is 0 Å². The van der Waals surface area contributed by atoms with Gasteiger partial charge in [-0.25, -0.2) is 8.78 Å². The molecule has 2 aliphatic rings. The van der Waals surface area contributed by atoms with Gasteiger partial charge in [0.15, 0.2) is 0 Å². The Hall–Kier alpha value is -0.220. The SMILES string of the molecule is C[C@@H]1CO[C@H]2[C@@H]1OC[C@@H]2C(F)F. The highest BCUT2D eigenvalue weighted by Crippen LogP contribution is 2.36. The van der Waals surface area contributed by atoms with Crippen LogP contribution >= 0.6 is 0 Å². The van der Waals surface area contributed by atoms with Gasteiger partial charge >= 0.3 is 0 Å². The normalized spacial score (nSPS) is 47.0. The van der Waals surface area contributed by atoms with Crippen molar-refractivity contribution in [3.63, 3.8) is 0 Å². The fraction of sp³-hybridized carbons (Fsp3) is 1.00. The second kappa shape index (κ2) is 2.92. The number of ether oxygens (including phenoxy) is 2. The number of halogens is 2. The lowest BCUT2D eigenvalue weighted by Crippen LogP contribution is -2.29. The Morgan fingerprint density at radius 3 is 2.50 bits per heavy atom. The zero-order valence-electron chi connectivity index (χ0n) is 6.87. The van der Waals surface area contributed by atoms with Gasteiger partial charge in [0.05, 0.1) is 31.3 Å². The summed E-state index contributed by atoms with van der Waals surface area (Å²) in [6.07, 6.45) is -2.77. The van der Waals surface area contributed by atoms with Gasteiger partial charge in [0.25, 0.3) is 0 Å². The quantitative estimate of drug-likeness (QED) is 0.602. The largest absolute Gasteiger partial charge is 0.375 e. The topological polar surface area (TPSA) is 18.5 Å². The van der Waals surface area contributed by atoms with Gasteiger partial charge < -0.3 is 9.47 Å². The molecule has 0 spiro atoms. The first-order valence-corrected chi connectivity index (χ1v) is 4.21. The smallest absolute Gasteiger partial charge is 0.246 e. The molecule has 0 aromatic rings. The molecule has 0 amide bonds. The molecule has 0 aliphatic carbocycles. The van der Waals surface area contributed by atoms with E-state index in [2.05, 4.69) is 0 Å². The van der Waals surface area contributed by atoms with E-state index in [1.807, 2.05) is 6.92 Å². The third-order valence-electron chi connectivity index (χ3n) is 2.66. The summed E-state index contributed by atoms with van der Waals surface area (Å²) >= 11 is 0. The summed E-state index contributed by atoms with van der Waals surface area (Å²) in [5.74, 6) is -0.446. The van der Waals surface area contributed by atoms with E-state index < -0.39 is 12.3 Å². The zero-order chi connectivity index (χ0) is 8.72. The van der Waals surface area contributed by atoms with Gasteiger partial charge in [-0.2, -0.15) is 0 Å². The number of rotatable bonds is 1. The molecule has 4 heteroatoms. The van der Waals surface area contributed by atoms with Gasteiger partial charge in [-0.1, -0.05) is 6.92 Å². The van der Waals surface area contributed by atoms with Crippen LogP contribution < -0.4 is 0 Å². The molecule has 2 fully saturated rings. The summed E-state index contributed by atoms with van der Waals surface area (Å²) < 4.78 is 35.2. The molecule has 2 heterocycles. The van der Waals surface area contributed by atoms with Crippen LogP contribution in [-0.4, -0.2) is 31.8 Å². The maximum absolute atomic E-state index is 12.3. The molecular weight excluding hydrogens is 166 g/mol. The molecule has 2 nitrogen and oxygen atoms in total. The Morgan fingerprint density at radius 1 is 1.17 bits per heavy atom. The van der Waals surface area contributed by atoms with Crippen molar-refractivity contribution in [1.82, 2.24) is 0 Å². The standard InChI is InChI=1S/C8H12F2O2/c1-4-2-11-7-5(8(9)10)3-12-6(4)7/h4-8H,2-3H2,1H3/t4-,5+,6-,7-/m1/s1. The summed E-state index contributed by atoms with van der Waals surface area (Å²) in [5.41, 5.74) is 0. The average Bonchev–Trinajstić information content (AvgIpc) is 2.53. The summed E-state index contributed by atoms with van der Waals surface area (Å²) in [6.45, 7) is 2.68. The summed E-state index contributed by atoms with van der Waals surface area (Å²) in [4.78, 5) is 0. The van der Waals surface area contributed by atoms with E-state index in [1.54, 1.807) is 0 Å². The van der Waals surface area contributed by atoms with Crippen LogP contribution in [0.5, 0.6) is 0 Å². The van der Waals surface area contributed by atoms with Crippen molar-refractivity contribution < 1.29 is 18.3 Å². The minimum atomic E-state index is -2.31. The van der Waals surface area contributed by atoms with Crippen molar-refractivity contribution in [3.8, 4) is 0 Å². The fourth-order valence-corrected chi connectivity index (χ4v) is 1.94. The predicted molar refractivity (Wildman–Crippen MR) is 38.1 cm³/mol. The molecule has 70 valence electrons. The van der Waals surface area contributed by atoms with Crippen LogP contribution in [0, 0.1) is 11.8 Å². The maximum Gasteiger partial charge on any atom is 0.246 e. The predicted octanol–water partition coefficient (Wildman–Crippen LogP) is 1.30. The first-order valence-electron chi connectivity index (χ1n) is 4.21. The van der Waals surface area contributed by atoms with Crippen molar-refractivity contribution in [2.45, 2.75) is 25.6 Å². The molecule has 4 atom stereocenters. The van der Waals surface area contributed by atoms with Gasteiger partial charge in [-0.05, 0) is 0 Å². The Balaban J connectivity index is 2.05. The van der Waals surface area contributed by atoms with Crippen molar-refractivity contribution in [2.24, 2.45) is 11.8 Å². The Bertz CT molecular complexity index is 174. The first kappa shape index (κ1) is 8.38. The van der Waals surface area contributed by atoms with E-state index in [1.165, 1.54) is 0 Å². The molecule has 0 N–H and O–H groups in total. The third kappa shape index (κ3) is 1.13. The van der Waals surface area contributed by atoms with E-state index in [0.29, 0.717) is 6.61 Å². The molecular formula is C8H12F2O2. The van der Waals surface area contributed by atoms with Gasteiger partial charge in [-0.15, -0.1) is 0 Å². The van der Waals surface area contributed by atoms with Crippen LogP contribution in [0.25, 0.3) is 0 Å². The van der Waals surface area contributed by atoms with E-state index in [-0.39, 0.29) is 24.7 Å². The van der Waals surface area contributed by atoms with Gasteiger partial charge in [0, 0.05) is 5.92 Å². The third-order valence-corrected chi connectivity index (χ3v) is 2.66. The average molecular weight is 178 g/mol. The summed E-state index contributed by atoms with van der Waals surface area (Å²) in [6, 6.07) is 0. The molecule has 0 radical (unpaired) electrons. The van der Waals surface area contributed by atoms with E-state index in [9.17, 15) is 8.78 Å². The monoisotopic (exact) mass is 178 g/mol. The molecule has 2 aliphatic heterocycles. The molecule has 2 rings (SSSR count). The van der Waals surface area contributed by atoms with Crippen LogP contribution in [0.3, 0.4) is 0 Å². The van der Waals surface area contributed by atoms with Crippen LogP contribution in [-0.2, 0) is 9.47 Å². The van der Waals surface area contributed by atoms with Crippen LogP contribution in [0.2, 0.25) is 0 Å². The Labute approximate surface area is 69.8 Å². The van der Waals surface area contributed by atoms with E-state index >= 15 is 0 Å². The lowest BCUT2D eigenvalue weighted by Gasteiger charge is -2.14. The minimum Gasteiger partial charge on any atom is -0.375 e. The fourth-order valence-electron chi connectivity index (χ4n) is 1.94. The van der Waals surface area contributed by atoms with Crippen molar-refractivity contribution >= 4 is 0 Å². The Kier molecular flexibility index (Phi) is 2.04. The lowest BCUT2D eigenvalue weighted by atomic mass is 9.98. The second-order valence-corrected chi connectivity index (χ2v) is 3.57. The van der Waals surface area contributed by atoms with Gasteiger partial charge in [-0.3, -0.25) is 0 Å². The molecule has 0 bridgehead atoms. The number of hydrogen-bond acceptors (Lipinski definition) is 2. The second-order valence-electron chi connectivity index (χ2n) is 3.57. The van der Waals surface area contributed by atoms with Crippen LogP contribution in [0.4, 0.5) is 8.78 Å². The highest BCUT2D eigenvalue weighted by Gasteiger charge is 2.49. The molecule has 0 unspecified atom stereocenters. The van der Waals surface area contributed by atoms with E-state index in [4.69, 9.17) is 9.47 Å². The van der Waals surface area contributed by atoms with Crippen molar-refractivity contribution in [3.05, 3.63) is 0 Å². The summed E-state index contributed by atoms with van der Waals surface area (Å²) in [7, 11) is 0. The minimum absolute atomic E-state index is 0.0935. The summed E-state index contributed by atoms with van der Waals surface area (Å²) in [5, 5.41) is 0. The van der Waals surface area contributed by atoms with Crippen molar-refractivity contribution in [2.75, 3.05) is 13.2 Å². The first-order chi connectivity index (χ1) is 5.70. The number of hydrogen-bond donors (Lipinski definition) is 0. The molecule has 12 heavy (non-hydrogen) atoms. The van der Waals surface area contributed by atoms with Gasteiger partial charge in [0.2, 0.25) is 6.43 Å². The molecule has 0 aromatic heterocycles. The molecule has 0 saturated carbocycles. The lowest BCUT2D eigenvalue weighted by molar-refractivity contribution is -0.00612. The van der Waals surface area contributed by atoms with Crippen molar-refractivity contribution in [1.29, 1.82) is 0 Å². The zero-order valence-corrected chi connectivity index (χ0v) is 6.87. The number of alkyl halides is 2. The van der Waals surface area contributed by atoms with E-state index in [0.717, 1.165) is 0 Å². The molecule has 0 aromatic carbocycles. The highest BCUT2D eigenvalue weighted by molar-refractivity contribution is 4.93. The highest BCUT2D eigenvalue weighted by atomic mass is 19.3. The van der Waals surface area contributed by atoms with Gasteiger partial charge in [0.1, 0.15) is 0 Å².